The first-order chi connectivity index (χ1) is 8.66. The summed E-state index contributed by atoms with van der Waals surface area (Å²) >= 11 is 6.01. The summed E-state index contributed by atoms with van der Waals surface area (Å²) in [5.74, 6) is 0.637. The summed E-state index contributed by atoms with van der Waals surface area (Å²) in [6.07, 6.45) is 2.30. The zero-order valence-corrected chi connectivity index (χ0v) is 10.7. The predicted molar refractivity (Wildman–Crippen MR) is 72.2 cm³/mol. The molecule has 1 saturated heterocycles. The van der Waals surface area contributed by atoms with Crippen LogP contribution < -0.4 is 10.6 Å². The molecule has 1 aromatic rings. The number of anilines is 1. The number of hydrogen-bond acceptors (Lipinski definition) is 4. The molecule has 1 fully saturated rings. The summed E-state index contributed by atoms with van der Waals surface area (Å²) in [6.45, 7) is 2.97. The molecule has 1 aromatic carbocycles. The van der Waals surface area contributed by atoms with Crippen LogP contribution >= 0.6 is 11.6 Å². The largest absolute Gasteiger partial charge is 0.384 e. The third-order valence-electron chi connectivity index (χ3n) is 3.20. The van der Waals surface area contributed by atoms with Gasteiger partial charge in [-0.2, -0.15) is 0 Å². The number of nitro groups is 1. The van der Waals surface area contributed by atoms with Gasteiger partial charge in [0, 0.05) is 18.7 Å². The Hall–Kier alpha value is -1.33. The van der Waals surface area contributed by atoms with E-state index in [2.05, 4.69) is 10.6 Å². The zero-order chi connectivity index (χ0) is 13.0. The molecule has 0 bridgehead atoms. The standard InChI is InChI=1S/C12H16ClN3O2/c13-11-7-10(16(17)18)1-2-12(11)15-8-9-3-5-14-6-4-9/h1-2,7,9,14-15H,3-6,8H2. The normalized spacial score (nSPS) is 16.5. The average Bonchev–Trinajstić information content (AvgIpc) is 2.38. The monoisotopic (exact) mass is 269 g/mol. The summed E-state index contributed by atoms with van der Waals surface area (Å²) in [7, 11) is 0. The van der Waals surface area contributed by atoms with Crippen LogP contribution in [0.5, 0.6) is 0 Å². The topological polar surface area (TPSA) is 67.2 Å². The van der Waals surface area contributed by atoms with E-state index in [0.717, 1.165) is 38.2 Å². The summed E-state index contributed by atoms with van der Waals surface area (Å²) < 4.78 is 0. The van der Waals surface area contributed by atoms with Gasteiger partial charge in [0.25, 0.3) is 5.69 Å². The van der Waals surface area contributed by atoms with Crippen LogP contribution in [0.4, 0.5) is 11.4 Å². The van der Waals surface area contributed by atoms with Crippen molar-refractivity contribution in [3.63, 3.8) is 0 Å². The van der Waals surface area contributed by atoms with Crippen molar-refractivity contribution in [3.05, 3.63) is 33.3 Å². The van der Waals surface area contributed by atoms with E-state index >= 15 is 0 Å². The number of piperidine rings is 1. The molecule has 1 aliphatic heterocycles. The van der Waals surface area contributed by atoms with Crippen molar-refractivity contribution in [2.75, 3.05) is 25.0 Å². The van der Waals surface area contributed by atoms with Crippen LogP contribution in [-0.2, 0) is 0 Å². The van der Waals surface area contributed by atoms with Crippen LogP contribution in [-0.4, -0.2) is 24.6 Å². The molecular weight excluding hydrogens is 254 g/mol. The van der Waals surface area contributed by atoms with Crippen LogP contribution in [0.3, 0.4) is 0 Å². The molecule has 0 spiro atoms. The van der Waals surface area contributed by atoms with Gasteiger partial charge in [0.05, 0.1) is 15.6 Å². The molecule has 0 aromatic heterocycles. The third-order valence-corrected chi connectivity index (χ3v) is 3.52. The molecule has 0 amide bonds. The summed E-state index contributed by atoms with van der Waals surface area (Å²) in [5.41, 5.74) is 0.785. The second kappa shape index (κ2) is 6.02. The number of nitro benzene ring substituents is 1. The highest BCUT2D eigenvalue weighted by atomic mass is 35.5. The minimum absolute atomic E-state index is 0.0208. The highest BCUT2D eigenvalue weighted by molar-refractivity contribution is 6.33. The second-order valence-corrected chi connectivity index (χ2v) is 4.90. The molecule has 2 N–H and O–H groups in total. The number of nitrogens with one attached hydrogen (secondary N) is 2. The maximum atomic E-state index is 10.6. The van der Waals surface area contributed by atoms with Gasteiger partial charge in [0.15, 0.2) is 0 Å². The molecule has 0 radical (unpaired) electrons. The van der Waals surface area contributed by atoms with Crippen molar-refractivity contribution in [1.82, 2.24) is 5.32 Å². The Balaban J connectivity index is 1.94. The second-order valence-electron chi connectivity index (χ2n) is 4.50. The number of hydrogen-bond donors (Lipinski definition) is 2. The van der Waals surface area contributed by atoms with Crippen LogP contribution in [0, 0.1) is 16.0 Å². The first-order valence-corrected chi connectivity index (χ1v) is 6.43. The first-order valence-electron chi connectivity index (χ1n) is 6.05. The van der Waals surface area contributed by atoms with Crippen LogP contribution in [0.25, 0.3) is 0 Å². The van der Waals surface area contributed by atoms with Crippen molar-refractivity contribution >= 4 is 23.0 Å². The maximum absolute atomic E-state index is 10.6. The van der Waals surface area contributed by atoms with E-state index in [4.69, 9.17) is 11.6 Å². The lowest BCUT2D eigenvalue weighted by Crippen LogP contribution is -2.31. The number of benzene rings is 1. The van der Waals surface area contributed by atoms with Crippen molar-refractivity contribution in [1.29, 1.82) is 0 Å². The van der Waals surface area contributed by atoms with Crippen LogP contribution in [0.1, 0.15) is 12.8 Å². The highest BCUT2D eigenvalue weighted by Crippen LogP contribution is 2.27. The lowest BCUT2D eigenvalue weighted by atomic mass is 9.98. The van der Waals surface area contributed by atoms with Gasteiger partial charge in [0.1, 0.15) is 0 Å². The molecule has 0 saturated carbocycles. The maximum Gasteiger partial charge on any atom is 0.271 e. The number of halogens is 1. The molecule has 98 valence electrons. The van der Waals surface area contributed by atoms with E-state index < -0.39 is 4.92 Å². The number of rotatable bonds is 4. The molecule has 0 atom stereocenters. The molecule has 1 heterocycles. The average molecular weight is 270 g/mol. The molecule has 18 heavy (non-hydrogen) atoms. The van der Waals surface area contributed by atoms with Crippen molar-refractivity contribution in [2.24, 2.45) is 5.92 Å². The van der Waals surface area contributed by atoms with Gasteiger partial charge < -0.3 is 10.6 Å². The molecule has 5 nitrogen and oxygen atoms in total. The Bertz CT molecular complexity index is 433. The van der Waals surface area contributed by atoms with Gasteiger partial charge in [-0.1, -0.05) is 11.6 Å². The third kappa shape index (κ3) is 3.34. The van der Waals surface area contributed by atoms with Gasteiger partial charge in [0.2, 0.25) is 0 Å². The fraction of sp³-hybridized carbons (Fsp3) is 0.500. The van der Waals surface area contributed by atoms with Gasteiger partial charge in [-0.3, -0.25) is 10.1 Å². The molecule has 6 heteroatoms. The van der Waals surface area contributed by atoms with E-state index in [9.17, 15) is 10.1 Å². The number of nitrogens with zero attached hydrogens (tertiary/aromatic N) is 1. The minimum atomic E-state index is -0.442. The summed E-state index contributed by atoms with van der Waals surface area (Å²) in [6, 6.07) is 4.52. The molecule has 2 rings (SSSR count). The van der Waals surface area contributed by atoms with E-state index in [1.807, 2.05) is 0 Å². The lowest BCUT2D eigenvalue weighted by Gasteiger charge is -2.23. The van der Waals surface area contributed by atoms with Gasteiger partial charge in [-0.15, -0.1) is 0 Å². The Morgan fingerprint density at radius 1 is 1.44 bits per heavy atom. The number of non-ortho nitro benzene ring substituents is 1. The SMILES string of the molecule is O=[N+]([O-])c1ccc(NCC2CCNCC2)c(Cl)c1. The molecule has 0 unspecified atom stereocenters. The van der Waals surface area contributed by atoms with Crippen molar-refractivity contribution < 1.29 is 4.92 Å². The molecule has 1 aliphatic rings. The van der Waals surface area contributed by atoms with Gasteiger partial charge >= 0.3 is 0 Å². The van der Waals surface area contributed by atoms with Crippen molar-refractivity contribution in [2.45, 2.75) is 12.8 Å². The Labute approximate surface area is 111 Å². The fourth-order valence-electron chi connectivity index (χ4n) is 2.10. The van der Waals surface area contributed by atoms with Crippen molar-refractivity contribution in [3.8, 4) is 0 Å². The van der Waals surface area contributed by atoms with Crippen LogP contribution in [0.2, 0.25) is 5.02 Å². The van der Waals surface area contributed by atoms with E-state index in [-0.39, 0.29) is 5.69 Å². The Morgan fingerprint density at radius 2 is 2.17 bits per heavy atom. The highest BCUT2D eigenvalue weighted by Gasteiger charge is 2.14. The molecule has 0 aliphatic carbocycles. The Kier molecular flexibility index (Phi) is 4.38. The zero-order valence-electron chi connectivity index (χ0n) is 9.99. The minimum Gasteiger partial charge on any atom is -0.384 e. The summed E-state index contributed by atoms with van der Waals surface area (Å²) in [4.78, 5) is 10.1. The van der Waals surface area contributed by atoms with Gasteiger partial charge in [-0.05, 0) is 37.9 Å². The first kappa shape index (κ1) is 13.1. The lowest BCUT2D eigenvalue weighted by molar-refractivity contribution is -0.384. The smallest absolute Gasteiger partial charge is 0.271 e. The molecular formula is C12H16ClN3O2. The Morgan fingerprint density at radius 3 is 2.78 bits per heavy atom. The predicted octanol–water partition coefficient (Wildman–Crippen LogP) is 2.66. The van der Waals surface area contributed by atoms with E-state index in [1.54, 1.807) is 6.07 Å². The van der Waals surface area contributed by atoms with E-state index in [0.29, 0.717) is 10.9 Å². The van der Waals surface area contributed by atoms with Crippen LogP contribution in [0.15, 0.2) is 18.2 Å². The van der Waals surface area contributed by atoms with Gasteiger partial charge in [-0.25, -0.2) is 0 Å². The quantitative estimate of drug-likeness (QED) is 0.651. The van der Waals surface area contributed by atoms with E-state index in [1.165, 1.54) is 12.1 Å². The fourth-order valence-corrected chi connectivity index (χ4v) is 2.34. The summed E-state index contributed by atoms with van der Waals surface area (Å²) in [5, 5.41) is 17.6.